The largest absolute Gasteiger partial charge is 0.466 e. The van der Waals surface area contributed by atoms with Crippen molar-refractivity contribution in [3.05, 3.63) is 65.9 Å². The summed E-state index contributed by atoms with van der Waals surface area (Å²) in [6.07, 6.45) is 0.980. The average molecular weight is 385 g/mol. The zero-order valence-electron chi connectivity index (χ0n) is 15.6. The van der Waals surface area contributed by atoms with Gasteiger partial charge in [0.2, 0.25) is 0 Å². The Hall–Kier alpha value is -3.81. The number of carbonyl (C=O) groups excluding carboxylic acids is 3. The molecule has 0 radical (unpaired) electrons. The van der Waals surface area contributed by atoms with Crippen LogP contribution in [0.3, 0.4) is 0 Å². The van der Waals surface area contributed by atoms with Crippen LogP contribution in [0.25, 0.3) is 0 Å². The van der Waals surface area contributed by atoms with Crippen LogP contribution in [0, 0.1) is 0 Å². The van der Waals surface area contributed by atoms with Gasteiger partial charge in [-0.05, 0) is 36.4 Å². The van der Waals surface area contributed by atoms with Crippen molar-refractivity contribution in [1.29, 1.82) is 0 Å². The molecule has 8 heteroatoms. The molecule has 2 rings (SSSR count). The minimum Gasteiger partial charge on any atom is -0.466 e. The maximum atomic E-state index is 11.9. The average Bonchev–Trinajstić information content (AvgIpc) is 2.73. The normalized spacial score (nSPS) is 10.6. The molecule has 146 valence electrons. The monoisotopic (exact) mass is 385 g/mol. The molecule has 0 heterocycles. The number of para-hydroxylation sites is 2. The Morgan fingerprint density at radius 3 is 2.14 bits per heavy atom. The minimum atomic E-state index is -0.748. The molecule has 0 aromatic heterocycles. The molecule has 2 aromatic rings. The molecule has 0 unspecified atom stereocenters. The standard InChI is InChI=1S/C20H19NO7/c1-25-18(22)12-16(20(24)27-3)21-15-6-4-5-7-17(15)28-14-10-8-13(9-11-14)19(23)26-2/h4-12,21H,1-3H3/b16-12+. The molecule has 0 saturated carbocycles. The van der Waals surface area contributed by atoms with Crippen LogP contribution in [0.5, 0.6) is 11.5 Å². The molecule has 1 N–H and O–H groups in total. The molecule has 0 bridgehead atoms. The van der Waals surface area contributed by atoms with E-state index in [1.165, 1.54) is 21.3 Å². The van der Waals surface area contributed by atoms with E-state index < -0.39 is 17.9 Å². The van der Waals surface area contributed by atoms with Gasteiger partial charge in [-0.15, -0.1) is 0 Å². The third-order valence-electron chi connectivity index (χ3n) is 3.53. The first kappa shape index (κ1) is 20.5. The van der Waals surface area contributed by atoms with Gasteiger partial charge in [-0.2, -0.15) is 0 Å². The van der Waals surface area contributed by atoms with E-state index in [0.29, 0.717) is 22.7 Å². The van der Waals surface area contributed by atoms with Gasteiger partial charge in [0.25, 0.3) is 0 Å². The number of benzene rings is 2. The quantitative estimate of drug-likeness (QED) is 0.441. The SMILES string of the molecule is COC(=O)/C=C(/Nc1ccccc1Oc1ccc(C(=O)OC)cc1)C(=O)OC. The van der Waals surface area contributed by atoms with Crippen LogP contribution in [0.2, 0.25) is 0 Å². The summed E-state index contributed by atoms with van der Waals surface area (Å²) in [5, 5.41) is 2.81. The number of methoxy groups -OCH3 is 3. The predicted molar refractivity (Wildman–Crippen MR) is 100 cm³/mol. The third kappa shape index (κ3) is 5.34. The van der Waals surface area contributed by atoms with Crippen molar-refractivity contribution in [1.82, 2.24) is 0 Å². The summed E-state index contributed by atoms with van der Waals surface area (Å²) in [6.45, 7) is 0. The highest BCUT2D eigenvalue weighted by Crippen LogP contribution is 2.30. The highest BCUT2D eigenvalue weighted by Gasteiger charge is 2.15. The molecule has 0 spiro atoms. The molecule has 0 saturated heterocycles. The second-order valence-electron chi connectivity index (χ2n) is 5.31. The summed E-state index contributed by atoms with van der Waals surface area (Å²) >= 11 is 0. The number of nitrogens with one attached hydrogen (secondary N) is 1. The van der Waals surface area contributed by atoms with Crippen molar-refractivity contribution in [2.75, 3.05) is 26.6 Å². The second kappa shape index (κ2) is 9.77. The topological polar surface area (TPSA) is 100 Å². The summed E-state index contributed by atoms with van der Waals surface area (Å²) in [6, 6.07) is 13.1. The van der Waals surface area contributed by atoms with Crippen molar-refractivity contribution in [3.8, 4) is 11.5 Å². The lowest BCUT2D eigenvalue weighted by molar-refractivity contribution is -0.138. The molecule has 0 fully saturated rings. The fourth-order valence-corrected chi connectivity index (χ4v) is 2.14. The first-order valence-electron chi connectivity index (χ1n) is 8.08. The van der Waals surface area contributed by atoms with Crippen molar-refractivity contribution >= 4 is 23.6 Å². The van der Waals surface area contributed by atoms with Crippen LogP contribution in [0.15, 0.2) is 60.3 Å². The lowest BCUT2D eigenvalue weighted by Gasteiger charge is -2.14. The Balaban J connectivity index is 2.26. The van der Waals surface area contributed by atoms with Crippen LogP contribution in [-0.2, 0) is 23.8 Å². The summed E-state index contributed by atoms with van der Waals surface area (Å²) in [4.78, 5) is 34.9. The number of rotatable bonds is 7. The maximum Gasteiger partial charge on any atom is 0.354 e. The van der Waals surface area contributed by atoms with Gasteiger partial charge in [-0.3, -0.25) is 0 Å². The summed E-state index contributed by atoms with van der Waals surface area (Å²) in [5.41, 5.74) is 0.682. The number of hydrogen-bond acceptors (Lipinski definition) is 8. The fraction of sp³-hybridized carbons (Fsp3) is 0.150. The second-order valence-corrected chi connectivity index (χ2v) is 5.31. The van der Waals surface area contributed by atoms with Gasteiger partial charge in [0, 0.05) is 0 Å². The van der Waals surface area contributed by atoms with Gasteiger partial charge in [-0.25, -0.2) is 14.4 Å². The van der Waals surface area contributed by atoms with Crippen LogP contribution in [0.4, 0.5) is 5.69 Å². The highest BCUT2D eigenvalue weighted by atomic mass is 16.5. The Morgan fingerprint density at radius 1 is 0.857 bits per heavy atom. The molecular formula is C20H19NO7. The van der Waals surface area contributed by atoms with Crippen molar-refractivity contribution in [2.24, 2.45) is 0 Å². The van der Waals surface area contributed by atoms with E-state index in [0.717, 1.165) is 6.08 Å². The number of hydrogen-bond donors (Lipinski definition) is 1. The van der Waals surface area contributed by atoms with Gasteiger partial charge in [-0.1, -0.05) is 12.1 Å². The van der Waals surface area contributed by atoms with Gasteiger partial charge >= 0.3 is 17.9 Å². The smallest absolute Gasteiger partial charge is 0.354 e. The van der Waals surface area contributed by atoms with Crippen molar-refractivity contribution in [3.63, 3.8) is 0 Å². The summed E-state index contributed by atoms with van der Waals surface area (Å²) < 4.78 is 19.7. The van der Waals surface area contributed by atoms with E-state index in [4.69, 9.17) is 4.74 Å². The molecule has 8 nitrogen and oxygen atoms in total. The van der Waals surface area contributed by atoms with Gasteiger partial charge < -0.3 is 24.3 Å². The van der Waals surface area contributed by atoms with Gasteiger partial charge in [0.15, 0.2) is 5.75 Å². The molecule has 0 atom stereocenters. The van der Waals surface area contributed by atoms with E-state index in [-0.39, 0.29) is 5.70 Å². The van der Waals surface area contributed by atoms with Crippen LogP contribution < -0.4 is 10.1 Å². The van der Waals surface area contributed by atoms with E-state index >= 15 is 0 Å². The van der Waals surface area contributed by atoms with Crippen molar-refractivity contribution in [2.45, 2.75) is 0 Å². The van der Waals surface area contributed by atoms with E-state index in [1.54, 1.807) is 48.5 Å². The molecule has 0 aliphatic heterocycles. The van der Waals surface area contributed by atoms with Crippen LogP contribution in [0.1, 0.15) is 10.4 Å². The molecule has 0 amide bonds. The Labute approximate surface area is 161 Å². The lowest BCUT2D eigenvalue weighted by Crippen LogP contribution is -2.15. The van der Waals surface area contributed by atoms with Crippen molar-refractivity contribution < 1.29 is 33.3 Å². The van der Waals surface area contributed by atoms with E-state index in [9.17, 15) is 14.4 Å². The Bertz CT molecular complexity index is 888. The maximum absolute atomic E-state index is 11.9. The minimum absolute atomic E-state index is 0.119. The number of esters is 3. The molecule has 2 aromatic carbocycles. The lowest BCUT2D eigenvalue weighted by atomic mass is 10.2. The molecular weight excluding hydrogens is 366 g/mol. The fourth-order valence-electron chi connectivity index (χ4n) is 2.14. The van der Waals surface area contributed by atoms with Gasteiger partial charge in [0.1, 0.15) is 11.4 Å². The van der Waals surface area contributed by atoms with E-state index in [2.05, 4.69) is 19.5 Å². The van der Waals surface area contributed by atoms with Crippen LogP contribution in [-0.4, -0.2) is 39.2 Å². The Kier molecular flexibility index (Phi) is 7.15. The molecule has 28 heavy (non-hydrogen) atoms. The summed E-state index contributed by atoms with van der Waals surface area (Å²) in [7, 11) is 3.69. The predicted octanol–water partition coefficient (Wildman–Crippen LogP) is 2.91. The summed E-state index contributed by atoms with van der Waals surface area (Å²) in [5.74, 6) is -1.08. The third-order valence-corrected chi connectivity index (χ3v) is 3.53. The molecule has 0 aliphatic carbocycles. The zero-order valence-corrected chi connectivity index (χ0v) is 15.6. The first-order valence-corrected chi connectivity index (χ1v) is 8.08. The number of anilines is 1. The van der Waals surface area contributed by atoms with Crippen LogP contribution >= 0.6 is 0 Å². The number of ether oxygens (including phenoxy) is 4. The number of carbonyl (C=O) groups is 3. The van der Waals surface area contributed by atoms with Gasteiger partial charge in [0.05, 0.1) is 38.7 Å². The van der Waals surface area contributed by atoms with E-state index in [1.807, 2.05) is 0 Å². The highest BCUT2D eigenvalue weighted by molar-refractivity contribution is 5.99. The zero-order chi connectivity index (χ0) is 20.5. The Morgan fingerprint density at radius 2 is 1.54 bits per heavy atom. The molecule has 0 aliphatic rings. The first-order chi connectivity index (χ1) is 13.5.